The van der Waals surface area contributed by atoms with Crippen molar-refractivity contribution >= 4 is 17.7 Å². The van der Waals surface area contributed by atoms with Crippen LogP contribution in [0.3, 0.4) is 0 Å². The number of halogens is 3. The van der Waals surface area contributed by atoms with Crippen LogP contribution in [0.1, 0.15) is 19.4 Å². The van der Waals surface area contributed by atoms with Crippen LogP contribution in [-0.4, -0.2) is 29.2 Å². The molecule has 0 unspecified atom stereocenters. The highest BCUT2D eigenvalue weighted by atomic mass is 19.4. The molecule has 2 rings (SSSR count). The van der Waals surface area contributed by atoms with E-state index in [4.69, 9.17) is 4.74 Å². The van der Waals surface area contributed by atoms with Gasteiger partial charge in [0.05, 0.1) is 4.92 Å². The van der Waals surface area contributed by atoms with Crippen LogP contribution >= 0.6 is 0 Å². The zero-order valence-corrected chi connectivity index (χ0v) is 12.2. The number of hydrogen-bond acceptors (Lipinski definition) is 4. The van der Waals surface area contributed by atoms with Crippen molar-refractivity contribution in [3.63, 3.8) is 0 Å². The summed E-state index contributed by atoms with van der Waals surface area (Å²) in [7, 11) is 0. The maximum absolute atomic E-state index is 12.2. The molecule has 1 heterocycles. The van der Waals surface area contributed by atoms with Crippen LogP contribution < -0.4 is 10.1 Å². The minimum atomic E-state index is -4.98. The fourth-order valence-corrected chi connectivity index (χ4v) is 2.10. The lowest BCUT2D eigenvalue weighted by Gasteiger charge is -2.34. The first-order chi connectivity index (χ1) is 10.5. The minimum absolute atomic E-state index is 0.165. The van der Waals surface area contributed by atoms with Gasteiger partial charge in [-0.05, 0) is 31.6 Å². The zero-order valence-electron chi connectivity index (χ0n) is 12.2. The van der Waals surface area contributed by atoms with Crippen molar-refractivity contribution in [1.29, 1.82) is 0 Å². The number of benzene rings is 1. The summed E-state index contributed by atoms with van der Waals surface area (Å²) < 4.78 is 42.4. The summed E-state index contributed by atoms with van der Waals surface area (Å²) in [6.45, 7) is 2.87. The Morgan fingerprint density at radius 3 is 2.61 bits per heavy atom. The van der Waals surface area contributed by atoms with Gasteiger partial charge in [0.1, 0.15) is 11.4 Å². The second kappa shape index (κ2) is 5.56. The molecule has 1 aliphatic heterocycles. The summed E-state index contributed by atoms with van der Waals surface area (Å²) in [5.74, 6) is -1.68. The topological polar surface area (TPSA) is 81.5 Å². The van der Waals surface area contributed by atoms with Crippen LogP contribution in [0.15, 0.2) is 23.8 Å². The number of hydrogen-bond donors (Lipinski definition) is 1. The van der Waals surface area contributed by atoms with Crippen LogP contribution in [0.4, 0.5) is 18.9 Å². The molecule has 0 radical (unpaired) electrons. The molecule has 9 heteroatoms. The van der Waals surface area contributed by atoms with Crippen molar-refractivity contribution < 1.29 is 27.6 Å². The van der Waals surface area contributed by atoms with E-state index in [-0.39, 0.29) is 12.2 Å². The lowest BCUT2D eigenvalue weighted by atomic mass is 9.92. The quantitative estimate of drug-likeness (QED) is 0.682. The normalized spacial score (nSPS) is 16.0. The van der Waals surface area contributed by atoms with Crippen molar-refractivity contribution in [2.75, 3.05) is 6.54 Å². The van der Waals surface area contributed by atoms with Crippen LogP contribution in [0.5, 0.6) is 5.75 Å². The molecule has 0 spiro atoms. The molecule has 0 fully saturated rings. The Balaban J connectivity index is 2.29. The summed E-state index contributed by atoms with van der Waals surface area (Å²) in [6.07, 6.45) is -3.49. The zero-order chi connectivity index (χ0) is 17.4. The Morgan fingerprint density at radius 2 is 2.04 bits per heavy atom. The van der Waals surface area contributed by atoms with E-state index in [1.807, 2.05) is 0 Å². The summed E-state index contributed by atoms with van der Waals surface area (Å²) in [4.78, 5) is 21.1. The molecule has 1 amide bonds. The van der Waals surface area contributed by atoms with Crippen LogP contribution in [0.2, 0.25) is 0 Å². The number of non-ortho nitro benzene ring substituents is 1. The predicted octanol–water partition coefficient (Wildman–Crippen LogP) is 2.83. The van der Waals surface area contributed by atoms with Crippen molar-refractivity contribution in [2.45, 2.75) is 25.6 Å². The minimum Gasteiger partial charge on any atom is -0.483 e. The van der Waals surface area contributed by atoms with Gasteiger partial charge in [-0.3, -0.25) is 14.9 Å². The maximum atomic E-state index is 12.2. The summed E-state index contributed by atoms with van der Waals surface area (Å²) in [5.41, 5.74) is -0.387. The number of amides is 1. The number of alkyl halides is 3. The number of nitrogens with one attached hydrogen (secondary N) is 1. The molecule has 23 heavy (non-hydrogen) atoms. The maximum Gasteiger partial charge on any atom is 0.471 e. The number of carbonyl (C=O) groups is 1. The third kappa shape index (κ3) is 3.61. The smallest absolute Gasteiger partial charge is 0.471 e. The lowest BCUT2D eigenvalue weighted by molar-refractivity contribution is -0.384. The van der Waals surface area contributed by atoms with E-state index in [1.165, 1.54) is 24.3 Å². The molecule has 0 atom stereocenters. The standard InChI is InChI=1S/C14H13F3N2O4/c1-13(2)9(7-18-12(20)14(15,16)17)5-8-6-10(19(21)22)3-4-11(8)23-13/h3-6H,7H2,1-2H3,(H,18,20). The molecule has 6 nitrogen and oxygen atoms in total. The molecule has 1 N–H and O–H groups in total. The molecule has 1 aliphatic rings. The molecule has 124 valence electrons. The van der Waals surface area contributed by atoms with Crippen molar-refractivity contribution in [1.82, 2.24) is 5.32 Å². The van der Waals surface area contributed by atoms with Crippen molar-refractivity contribution in [3.8, 4) is 5.75 Å². The first-order valence-corrected chi connectivity index (χ1v) is 6.54. The highest BCUT2D eigenvalue weighted by Gasteiger charge is 2.39. The van der Waals surface area contributed by atoms with Crippen LogP contribution in [0, 0.1) is 10.1 Å². The molecule has 0 saturated carbocycles. The number of rotatable bonds is 3. The Morgan fingerprint density at radius 1 is 1.39 bits per heavy atom. The number of nitro groups is 1. The second-order valence-electron chi connectivity index (χ2n) is 5.44. The molecule has 1 aromatic carbocycles. The number of nitrogens with zero attached hydrogens (tertiary/aromatic N) is 1. The molecular weight excluding hydrogens is 317 g/mol. The number of carbonyl (C=O) groups excluding carboxylic acids is 1. The van der Waals surface area contributed by atoms with E-state index in [9.17, 15) is 28.1 Å². The van der Waals surface area contributed by atoms with Gasteiger partial charge in [-0.25, -0.2) is 0 Å². The predicted molar refractivity (Wildman–Crippen MR) is 74.8 cm³/mol. The highest BCUT2D eigenvalue weighted by molar-refractivity contribution is 5.82. The van der Waals surface area contributed by atoms with E-state index < -0.39 is 22.6 Å². The number of ether oxygens (including phenoxy) is 1. The van der Waals surface area contributed by atoms with E-state index in [1.54, 1.807) is 19.2 Å². The van der Waals surface area contributed by atoms with E-state index >= 15 is 0 Å². The molecular formula is C14H13F3N2O4. The SMILES string of the molecule is CC1(C)Oc2ccc([N+](=O)[O-])cc2C=C1CNC(=O)C(F)(F)F. The molecule has 0 bridgehead atoms. The summed E-state index contributed by atoms with van der Waals surface area (Å²) >= 11 is 0. The van der Waals surface area contributed by atoms with Crippen molar-refractivity contribution in [2.24, 2.45) is 0 Å². The van der Waals surface area contributed by atoms with Crippen LogP contribution in [-0.2, 0) is 4.79 Å². The Bertz CT molecular complexity index is 696. The lowest BCUT2D eigenvalue weighted by Crippen LogP contribution is -2.43. The number of nitro benzene ring substituents is 1. The average molecular weight is 330 g/mol. The fourth-order valence-electron chi connectivity index (χ4n) is 2.10. The van der Waals surface area contributed by atoms with E-state index in [0.717, 1.165) is 0 Å². The van der Waals surface area contributed by atoms with E-state index in [0.29, 0.717) is 16.9 Å². The molecule has 0 saturated heterocycles. The van der Waals surface area contributed by atoms with Crippen LogP contribution in [0.25, 0.3) is 6.08 Å². The van der Waals surface area contributed by atoms with Crippen molar-refractivity contribution in [3.05, 3.63) is 39.4 Å². The van der Waals surface area contributed by atoms with E-state index in [2.05, 4.69) is 0 Å². The third-order valence-corrected chi connectivity index (χ3v) is 3.37. The Kier molecular flexibility index (Phi) is 4.06. The van der Waals surface area contributed by atoms with Gasteiger partial charge in [0.15, 0.2) is 0 Å². The largest absolute Gasteiger partial charge is 0.483 e. The van der Waals surface area contributed by atoms with Gasteiger partial charge in [0.2, 0.25) is 0 Å². The monoisotopic (exact) mass is 330 g/mol. The molecule has 0 aromatic heterocycles. The first kappa shape index (κ1) is 16.8. The van der Waals surface area contributed by atoms with Gasteiger partial charge in [-0.1, -0.05) is 0 Å². The van der Waals surface area contributed by atoms with Gasteiger partial charge in [0, 0.05) is 24.2 Å². The number of fused-ring (bicyclic) bond motifs is 1. The first-order valence-electron chi connectivity index (χ1n) is 6.54. The van der Waals surface area contributed by atoms with Gasteiger partial charge >= 0.3 is 12.1 Å². The van der Waals surface area contributed by atoms with Gasteiger partial charge < -0.3 is 10.1 Å². The Hall–Kier alpha value is -2.58. The summed E-state index contributed by atoms with van der Waals surface area (Å²) in [6, 6.07) is 3.96. The van der Waals surface area contributed by atoms with Gasteiger partial charge in [-0.2, -0.15) is 13.2 Å². The third-order valence-electron chi connectivity index (χ3n) is 3.37. The van der Waals surface area contributed by atoms with Gasteiger partial charge in [0.25, 0.3) is 5.69 Å². The average Bonchev–Trinajstić information content (AvgIpc) is 2.42. The fraction of sp³-hybridized carbons (Fsp3) is 0.357. The molecule has 0 aliphatic carbocycles. The molecule has 1 aromatic rings. The Labute approximate surface area is 129 Å². The van der Waals surface area contributed by atoms with Gasteiger partial charge in [-0.15, -0.1) is 0 Å². The summed E-state index contributed by atoms with van der Waals surface area (Å²) in [5, 5.41) is 12.6. The second-order valence-corrected chi connectivity index (χ2v) is 5.44. The highest BCUT2D eigenvalue weighted by Crippen LogP contribution is 2.37.